The van der Waals surface area contributed by atoms with E-state index < -0.39 is 11.4 Å². The van der Waals surface area contributed by atoms with Crippen LogP contribution in [0.3, 0.4) is 0 Å². The van der Waals surface area contributed by atoms with Crippen LogP contribution in [0.2, 0.25) is 0 Å². The van der Waals surface area contributed by atoms with E-state index in [-0.39, 0.29) is 49.1 Å². The van der Waals surface area contributed by atoms with Gasteiger partial charge in [0.2, 0.25) is 23.6 Å². The molecule has 40 heavy (non-hydrogen) atoms. The fourth-order valence-electron chi connectivity index (χ4n) is 5.73. The molecule has 0 aliphatic carbocycles. The number of aliphatic hydroxyl groups is 1. The quantitative estimate of drug-likeness (QED) is 0.479. The summed E-state index contributed by atoms with van der Waals surface area (Å²) in [6.07, 6.45) is 5.67. The molecule has 4 aliphatic rings. The number of hydrogen-bond donors (Lipinski definition) is 2. The third-order valence-corrected chi connectivity index (χ3v) is 7.81. The normalized spacial score (nSPS) is 21.1. The lowest BCUT2D eigenvalue weighted by Gasteiger charge is -2.36. The molecule has 0 spiro atoms. The predicted molar refractivity (Wildman–Crippen MR) is 142 cm³/mol. The molecule has 0 unspecified atom stereocenters. The highest BCUT2D eigenvalue weighted by atomic mass is 19.1. The van der Waals surface area contributed by atoms with Gasteiger partial charge in [-0.3, -0.25) is 9.59 Å². The summed E-state index contributed by atoms with van der Waals surface area (Å²) >= 11 is 0. The first kappa shape index (κ1) is 24.9. The minimum atomic E-state index is -1.09. The van der Waals surface area contributed by atoms with Crippen molar-refractivity contribution in [1.82, 2.24) is 15.0 Å². The number of amides is 2. The molecular formula is C28H27FN6O5. The molecule has 1 atom stereocenters. The zero-order chi connectivity index (χ0) is 27.4. The summed E-state index contributed by atoms with van der Waals surface area (Å²) < 4.78 is 26.1. The number of nitrogens with zero attached hydrogens (tertiary/aromatic N) is 5. The minimum absolute atomic E-state index is 0.00000122. The van der Waals surface area contributed by atoms with Gasteiger partial charge in [0.05, 0.1) is 42.5 Å². The largest absolute Gasteiger partial charge is 0.474 e. The predicted octanol–water partition coefficient (Wildman–Crippen LogP) is 2.74. The minimum Gasteiger partial charge on any atom is -0.474 e. The van der Waals surface area contributed by atoms with Gasteiger partial charge >= 0.3 is 0 Å². The Morgan fingerprint density at radius 3 is 2.73 bits per heavy atom. The number of carbonyl (C=O) groups is 2. The Bertz CT molecular complexity index is 1530. The molecule has 1 aromatic carbocycles. The van der Waals surface area contributed by atoms with Gasteiger partial charge in [0, 0.05) is 37.6 Å². The van der Waals surface area contributed by atoms with Crippen LogP contribution in [0, 0.1) is 5.82 Å². The van der Waals surface area contributed by atoms with Gasteiger partial charge in [-0.05, 0) is 36.6 Å². The second-order valence-corrected chi connectivity index (χ2v) is 10.7. The summed E-state index contributed by atoms with van der Waals surface area (Å²) in [7, 11) is 0. The molecule has 3 aromatic rings. The van der Waals surface area contributed by atoms with Crippen molar-refractivity contribution in [3.8, 4) is 17.0 Å². The standard InChI is InChI=1S/C28H27FN6O5/c29-20-8-16(3-5-22(20)34-7-1-2-24(34)36)19-12-31-27(33-21(19)10-28(38)14-39-15-28)32-17-9-23-26(30-11-17)40-13-18-4-6-25(37)35(18)23/h3,5,8-9,11-12,18,38H,1-2,4,6-7,10,13-15H2,(H,31,32,33)/t18-/m0/s1. The smallest absolute Gasteiger partial charge is 0.238 e. The van der Waals surface area contributed by atoms with Crippen LogP contribution in [0.25, 0.3) is 11.1 Å². The van der Waals surface area contributed by atoms with Crippen molar-refractivity contribution in [1.29, 1.82) is 0 Å². The van der Waals surface area contributed by atoms with Crippen molar-refractivity contribution >= 4 is 34.8 Å². The Balaban J connectivity index is 1.20. The van der Waals surface area contributed by atoms with E-state index in [4.69, 9.17) is 9.47 Å². The topological polar surface area (TPSA) is 130 Å². The maximum absolute atomic E-state index is 15.2. The Hall–Kier alpha value is -4.16. The molecule has 206 valence electrons. The summed E-state index contributed by atoms with van der Waals surface area (Å²) in [6.45, 7) is 1.26. The summed E-state index contributed by atoms with van der Waals surface area (Å²) in [5, 5.41) is 14.0. The highest BCUT2D eigenvalue weighted by Crippen LogP contribution is 2.39. The second-order valence-electron chi connectivity index (χ2n) is 10.7. The van der Waals surface area contributed by atoms with Gasteiger partial charge in [0.1, 0.15) is 23.7 Å². The lowest BCUT2D eigenvalue weighted by atomic mass is 9.92. The van der Waals surface area contributed by atoms with Crippen molar-refractivity contribution in [3.05, 3.63) is 48.2 Å². The number of aromatic nitrogens is 3. The number of fused-ring (bicyclic) bond motifs is 3. The van der Waals surface area contributed by atoms with E-state index in [1.807, 2.05) is 0 Å². The SMILES string of the molecule is O=C1CCCN1c1ccc(-c2cnc(Nc3cnc4c(c3)N3C(=O)CC[C@H]3CO4)nc2CC2(O)COC2)cc1F. The molecule has 0 saturated carbocycles. The average Bonchev–Trinajstić information content (AvgIpc) is 3.53. The van der Waals surface area contributed by atoms with Gasteiger partial charge in [-0.2, -0.15) is 0 Å². The second kappa shape index (κ2) is 9.49. The maximum Gasteiger partial charge on any atom is 0.238 e. The van der Waals surface area contributed by atoms with E-state index in [1.54, 1.807) is 35.5 Å². The third-order valence-electron chi connectivity index (χ3n) is 7.81. The third kappa shape index (κ3) is 4.33. The highest BCUT2D eigenvalue weighted by molar-refractivity contribution is 5.98. The first-order valence-corrected chi connectivity index (χ1v) is 13.4. The molecule has 12 heteroatoms. The number of benzene rings is 1. The van der Waals surface area contributed by atoms with E-state index in [0.29, 0.717) is 66.5 Å². The molecule has 6 heterocycles. The van der Waals surface area contributed by atoms with Crippen LogP contribution >= 0.6 is 0 Å². The number of carbonyl (C=O) groups excluding carboxylic acids is 2. The van der Waals surface area contributed by atoms with Crippen LogP contribution in [0.15, 0.2) is 36.7 Å². The number of nitrogens with one attached hydrogen (secondary N) is 1. The van der Waals surface area contributed by atoms with E-state index in [9.17, 15) is 14.7 Å². The number of hydrogen-bond acceptors (Lipinski definition) is 9. The Labute approximate surface area is 229 Å². The molecule has 4 aliphatic heterocycles. The van der Waals surface area contributed by atoms with Gasteiger partial charge in [-0.15, -0.1) is 0 Å². The zero-order valence-corrected chi connectivity index (χ0v) is 21.6. The molecule has 11 nitrogen and oxygen atoms in total. The van der Waals surface area contributed by atoms with Crippen LogP contribution in [0.5, 0.6) is 5.88 Å². The lowest BCUT2D eigenvalue weighted by Crippen LogP contribution is -2.51. The molecule has 2 aromatic heterocycles. The summed E-state index contributed by atoms with van der Waals surface area (Å²) in [6, 6.07) is 6.49. The van der Waals surface area contributed by atoms with Crippen molar-refractivity contribution < 1.29 is 28.6 Å². The fourth-order valence-corrected chi connectivity index (χ4v) is 5.73. The Morgan fingerprint density at radius 2 is 1.98 bits per heavy atom. The van der Waals surface area contributed by atoms with Crippen molar-refractivity contribution in [3.63, 3.8) is 0 Å². The fraction of sp³-hybridized carbons (Fsp3) is 0.393. The van der Waals surface area contributed by atoms with Gasteiger partial charge < -0.3 is 29.7 Å². The van der Waals surface area contributed by atoms with E-state index in [2.05, 4.69) is 20.3 Å². The van der Waals surface area contributed by atoms with Crippen LogP contribution in [-0.2, 0) is 20.7 Å². The molecular weight excluding hydrogens is 519 g/mol. The van der Waals surface area contributed by atoms with E-state index in [1.165, 1.54) is 11.0 Å². The first-order chi connectivity index (χ1) is 19.4. The maximum atomic E-state index is 15.2. The summed E-state index contributed by atoms with van der Waals surface area (Å²) in [4.78, 5) is 41.3. The van der Waals surface area contributed by atoms with Gasteiger partial charge in [-0.25, -0.2) is 19.3 Å². The van der Waals surface area contributed by atoms with E-state index >= 15 is 4.39 Å². The Kier molecular flexibility index (Phi) is 5.90. The highest BCUT2D eigenvalue weighted by Gasteiger charge is 2.39. The number of anilines is 4. The number of pyridine rings is 1. The lowest BCUT2D eigenvalue weighted by molar-refractivity contribution is -0.177. The van der Waals surface area contributed by atoms with Gasteiger partial charge in [-0.1, -0.05) is 6.07 Å². The van der Waals surface area contributed by atoms with E-state index in [0.717, 1.165) is 6.42 Å². The average molecular weight is 547 g/mol. The molecule has 2 amide bonds. The van der Waals surface area contributed by atoms with Crippen molar-refractivity contribution in [2.45, 2.75) is 43.7 Å². The molecule has 7 rings (SSSR count). The van der Waals surface area contributed by atoms with Crippen LogP contribution in [-0.4, -0.2) is 69.9 Å². The molecule has 0 bridgehead atoms. The molecule has 3 fully saturated rings. The van der Waals surface area contributed by atoms with Crippen LogP contribution in [0.1, 0.15) is 31.4 Å². The first-order valence-electron chi connectivity index (χ1n) is 13.4. The van der Waals surface area contributed by atoms with Crippen LogP contribution < -0.4 is 19.9 Å². The molecule has 2 N–H and O–H groups in total. The number of ether oxygens (including phenoxy) is 2. The van der Waals surface area contributed by atoms with Crippen LogP contribution in [0.4, 0.5) is 27.4 Å². The molecule has 3 saturated heterocycles. The zero-order valence-electron chi connectivity index (χ0n) is 21.6. The number of rotatable bonds is 6. The molecule has 0 radical (unpaired) electrons. The van der Waals surface area contributed by atoms with Crippen molar-refractivity contribution in [2.75, 3.05) is 41.5 Å². The Morgan fingerprint density at radius 1 is 1.10 bits per heavy atom. The monoisotopic (exact) mass is 546 g/mol. The summed E-state index contributed by atoms with van der Waals surface area (Å²) in [5.74, 6) is 0.0991. The number of halogens is 1. The van der Waals surface area contributed by atoms with Gasteiger partial charge in [0.25, 0.3) is 0 Å². The van der Waals surface area contributed by atoms with Crippen molar-refractivity contribution in [2.24, 2.45) is 0 Å². The summed E-state index contributed by atoms with van der Waals surface area (Å²) in [5.41, 5.74) is 1.94. The van der Waals surface area contributed by atoms with Gasteiger partial charge in [0.15, 0.2) is 0 Å².